The number of likely N-dealkylation sites (tertiary alicyclic amines) is 1. The summed E-state index contributed by atoms with van der Waals surface area (Å²) in [5.41, 5.74) is 1.52. The number of amides is 3. The Morgan fingerprint density at radius 2 is 2.07 bits per heavy atom. The molecule has 148 valence electrons. The number of benzene rings is 1. The van der Waals surface area contributed by atoms with E-state index in [-0.39, 0.29) is 30.2 Å². The van der Waals surface area contributed by atoms with Gasteiger partial charge in [-0.2, -0.15) is 0 Å². The molecule has 4 aliphatic rings. The van der Waals surface area contributed by atoms with Crippen molar-refractivity contribution < 1.29 is 19.1 Å². The molecule has 2 saturated heterocycles. The van der Waals surface area contributed by atoms with Crippen LogP contribution in [0.1, 0.15) is 42.1 Å². The minimum Gasteiger partial charge on any atom is -0.489 e. The number of rotatable bonds is 4. The van der Waals surface area contributed by atoms with E-state index in [0.29, 0.717) is 24.4 Å². The molecule has 0 spiro atoms. The fourth-order valence-corrected chi connectivity index (χ4v) is 4.91. The summed E-state index contributed by atoms with van der Waals surface area (Å²) in [7, 11) is 0. The van der Waals surface area contributed by atoms with Gasteiger partial charge < -0.3 is 9.64 Å². The molecule has 1 N–H and O–H groups in total. The van der Waals surface area contributed by atoms with Crippen LogP contribution in [0, 0.1) is 11.8 Å². The summed E-state index contributed by atoms with van der Waals surface area (Å²) < 4.78 is 6.32. The van der Waals surface area contributed by atoms with Crippen molar-refractivity contribution in [1.29, 1.82) is 0 Å². The monoisotopic (exact) mass is 383 g/mol. The third-order valence-corrected chi connectivity index (χ3v) is 6.62. The van der Waals surface area contributed by atoms with Gasteiger partial charge in [0.1, 0.15) is 17.9 Å². The van der Waals surface area contributed by atoms with Crippen molar-refractivity contribution >= 4 is 17.7 Å². The Bertz CT molecular complexity index is 854. The van der Waals surface area contributed by atoms with Crippen molar-refractivity contribution in [1.82, 2.24) is 15.1 Å². The largest absolute Gasteiger partial charge is 0.489 e. The van der Waals surface area contributed by atoms with Crippen molar-refractivity contribution in [3.8, 4) is 5.75 Å². The maximum Gasteiger partial charge on any atom is 0.255 e. The molecule has 5 rings (SSSR count). The molecule has 7 nitrogen and oxygen atoms in total. The van der Waals surface area contributed by atoms with E-state index < -0.39 is 6.04 Å². The van der Waals surface area contributed by atoms with Crippen molar-refractivity contribution in [2.45, 2.75) is 44.9 Å². The van der Waals surface area contributed by atoms with Crippen LogP contribution >= 0.6 is 0 Å². The number of imide groups is 1. The first-order valence-corrected chi connectivity index (χ1v) is 10.2. The molecule has 1 aromatic rings. The molecule has 0 radical (unpaired) electrons. The van der Waals surface area contributed by atoms with Crippen molar-refractivity contribution in [2.75, 3.05) is 19.6 Å². The number of ether oxygens (including phenoxy) is 1. The molecule has 3 heterocycles. The molecule has 1 aromatic carbocycles. The van der Waals surface area contributed by atoms with Crippen LogP contribution in [-0.2, 0) is 16.1 Å². The van der Waals surface area contributed by atoms with E-state index in [9.17, 15) is 14.4 Å². The van der Waals surface area contributed by atoms with Crippen LogP contribution in [0.3, 0.4) is 0 Å². The average molecular weight is 383 g/mol. The van der Waals surface area contributed by atoms with E-state index in [1.165, 1.54) is 13.0 Å². The first kappa shape index (κ1) is 17.7. The summed E-state index contributed by atoms with van der Waals surface area (Å²) in [4.78, 5) is 40.3. The van der Waals surface area contributed by atoms with Gasteiger partial charge >= 0.3 is 0 Å². The van der Waals surface area contributed by atoms with Crippen LogP contribution in [0.15, 0.2) is 18.2 Å². The molecule has 1 saturated carbocycles. The maximum atomic E-state index is 12.8. The summed E-state index contributed by atoms with van der Waals surface area (Å²) in [5, 5.41) is 2.34. The molecule has 3 aliphatic heterocycles. The second kappa shape index (κ2) is 6.58. The smallest absolute Gasteiger partial charge is 0.255 e. The van der Waals surface area contributed by atoms with Gasteiger partial charge in [-0.15, -0.1) is 0 Å². The second-order valence-electron chi connectivity index (χ2n) is 8.39. The Kier molecular flexibility index (Phi) is 4.16. The molecule has 28 heavy (non-hydrogen) atoms. The van der Waals surface area contributed by atoms with Crippen LogP contribution in [-0.4, -0.2) is 59.3 Å². The van der Waals surface area contributed by atoms with Crippen molar-refractivity contribution in [3.05, 3.63) is 29.3 Å². The second-order valence-corrected chi connectivity index (χ2v) is 8.39. The van der Waals surface area contributed by atoms with E-state index in [0.717, 1.165) is 30.3 Å². The van der Waals surface area contributed by atoms with Crippen LogP contribution in [0.25, 0.3) is 0 Å². The van der Waals surface area contributed by atoms with Crippen LogP contribution in [0.5, 0.6) is 5.75 Å². The van der Waals surface area contributed by atoms with Crippen LogP contribution in [0.2, 0.25) is 0 Å². The van der Waals surface area contributed by atoms with E-state index >= 15 is 0 Å². The summed E-state index contributed by atoms with van der Waals surface area (Å²) in [6, 6.07) is 5.04. The Hall–Kier alpha value is -2.41. The zero-order valence-electron chi connectivity index (χ0n) is 16.0. The molecule has 0 bridgehead atoms. The molecular formula is C21H25N3O4. The van der Waals surface area contributed by atoms with Gasteiger partial charge in [0, 0.05) is 37.5 Å². The van der Waals surface area contributed by atoms with Crippen LogP contribution < -0.4 is 10.1 Å². The highest BCUT2D eigenvalue weighted by molar-refractivity contribution is 6.05. The van der Waals surface area contributed by atoms with Gasteiger partial charge in [-0.05, 0) is 49.1 Å². The Labute approximate surface area is 164 Å². The fourth-order valence-electron chi connectivity index (χ4n) is 4.91. The lowest BCUT2D eigenvalue weighted by atomic mass is 10.0. The lowest BCUT2D eigenvalue weighted by Crippen LogP contribution is -2.52. The summed E-state index contributed by atoms with van der Waals surface area (Å²) in [6.45, 7) is 5.75. The predicted octanol–water partition coefficient (Wildman–Crippen LogP) is 1.17. The lowest BCUT2D eigenvalue weighted by Gasteiger charge is -2.31. The minimum atomic E-state index is -0.578. The molecule has 1 unspecified atom stereocenters. The van der Waals surface area contributed by atoms with E-state index in [2.05, 4.69) is 17.1 Å². The number of carbonyl (C=O) groups is 3. The maximum absolute atomic E-state index is 12.8. The Morgan fingerprint density at radius 1 is 1.21 bits per heavy atom. The lowest BCUT2D eigenvalue weighted by molar-refractivity contribution is -0.136. The highest BCUT2D eigenvalue weighted by Crippen LogP contribution is 2.46. The van der Waals surface area contributed by atoms with E-state index in [4.69, 9.17) is 4.74 Å². The summed E-state index contributed by atoms with van der Waals surface area (Å²) in [6.07, 6.45) is 2.10. The number of fused-ring (bicyclic) bond motifs is 2. The SMILES string of the molecule is CCN1C[C@@H]2C[C@@H]2[C@@H](Oc2ccc3c(c2)CN(C2CCC(=O)NC2=O)C3=O)C1. The zero-order chi connectivity index (χ0) is 19.4. The predicted molar refractivity (Wildman–Crippen MR) is 101 cm³/mol. The standard InChI is InChI=1S/C21H25N3O4/c1-2-23-9-13-8-16(13)18(11-23)28-14-3-4-15-12(7-14)10-24(21(15)27)17-5-6-19(25)22-20(17)26/h3-4,7,13,16-18H,2,5-6,8-11H2,1H3,(H,22,25,26)/t13-,16-,17?,18-/m0/s1. The van der Waals surface area contributed by atoms with Gasteiger partial charge in [-0.3, -0.25) is 24.6 Å². The number of hydrogen-bond donors (Lipinski definition) is 1. The first-order chi connectivity index (χ1) is 13.5. The van der Waals surface area contributed by atoms with Gasteiger partial charge in [-0.25, -0.2) is 0 Å². The van der Waals surface area contributed by atoms with Gasteiger partial charge in [-0.1, -0.05) is 6.92 Å². The molecule has 1 aliphatic carbocycles. The van der Waals surface area contributed by atoms with Crippen molar-refractivity contribution in [2.24, 2.45) is 11.8 Å². The molecule has 4 atom stereocenters. The van der Waals surface area contributed by atoms with Gasteiger partial charge in [0.05, 0.1) is 0 Å². The van der Waals surface area contributed by atoms with Gasteiger partial charge in [0.15, 0.2) is 0 Å². The first-order valence-electron chi connectivity index (χ1n) is 10.2. The molecule has 0 aromatic heterocycles. The zero-order valence-corrected chi connectivity index (χ0v) is 16.0. The fraction of sp³-hybridized carbons (Fsp3) is 0.571. The molecule has 7 heteroatoms. The normalized spacial score (nSPS) is 32.0. The minimum absolute atomic E-state index is 0.145. The average Bonchev–Trinajstić information content (AvgIpc) is 3.39. The third kappa shape index (κ3) is 2.98. The van der Waals surface area contributed by atoms with Gasteiger partial charge in [0.25, 0.3) is 5.91 Å². The topological polar surface area (TPSA) is 79.0 Å². The number of likely N-dealkylation sites (N-methyl/N-ethyl adjacent to an activating group) is 1. The van der Waals surface area contributed by atoms with E-state index in [1.54, 1.807) is 4.90 Å². The highest BCUT2D eigenvalue weighted by atomic mass is 16.5. The number of carbonyl (C=O) groups excluding carboxylic acids is 3. The summed E-state index contributed by atoms with van der Waals surface area (Å²) >= 11 is 0. The highest BCUT2D eigenvalue weighted by Gasteiger charge is 2.49. The van der Waals surface area contributed by atoms with Crippen molar-refractivity contribution in [3.63, 3.8) is 0 Å². The molecular weight excluding hydrogens is 358 g/mol. The third-order valence-electron chi connectivity index (χ3n) is 6.62. The quantitative estimate of drug-likeness (QED) is 0.790. The number of nitrogens with one attached hydrogen (secondary N) is 1. The number of hydrogen-bond acceptors (Lipinski definition) is 5. The molecule has 3 fully saturated rings. The van der Waals surface area contributed by atoms with Gasteiger partial charge in [0.2, 0.25) is 11.8 Å². The Balaban J connectivity index is 1.31. The summed E-state index contributed by atoms with van der Waals surface area (Å²) in [5.74, 6) is 1.41. The van der Waals surface area contributed by atoms with Crippen LogP contribution in [0.4, 0.5) is 0 Å². The Morgan fingerprint density at radius 3 is 2.86 bits per heavy atom. The number of piperidine rings is 2. The number of nitrogens with zero attached hydrogens (tertiary/aromatic N) is 2. The molecule has 3 amide bonds. The van der Waals surface area contributed by atoms with E-state index in [1.807, 2.05) is 18.2 Å².